The van der Waals surface area contributed by atoms with Gasteiger partial charge in [0.15, 0.2) is 0 Å². The molecule has 0 aromatic rings. The summed E-state index contributed by atoms with van der Waals surface area (Å²) in [6.07, 6.45) is 0.508. The highest BCUT2D eigenvalue weighted by atomic mass is 16.5. The molecule has 0 bridgehead atoms. The van der Waals surface area contributed by atoms with E-state index in [9.17, 15) is 4.79 Å². The minimum atomic E-state index is -0.376. The molecule has 0 saturated heterocycles. The predicted octanol–water partition coefficient (Wildman–Crippen LogP) is 1.11. The van der Waals surface area contributed by atoms with Crippen molar-refractivity contribution in [1.29, 1.82) is 0 Å². The number of rotatable bonds is 5. The molecule has 0 aliphatic rings. The molecule has 1 amide bonds. The standard InChI is InChI=1S/C9H20N2O2/c1-4-13-9(12)11-8(6-10)5-7(2)3/h7-8H,4-6,10H2,1-3H3,(H,11,12). The van der Waals surface area contributed by atoms with E-state index in [2.05, 4.69) is 19.2 Å². The number of nitrogens with one attached hydrogen (secondary N) is 1. The molecule has 0 saturated carbocycles. The largest absolute Gasteiger partial charge is 0.450 e. The molecule has 0 aromatic carbocycles. The van der Waals surface area contributed by atoms with E-state index < -0.39 is 0 Å². The van der Waals surface area contributed by atoms with Crippen LogP contribution >= 0.6 is 0 Å². The molecule has 0 aliphatic carbocycles. The van der Waals surface area contributed by atoms with E-state index in [4.69, 9.17) is 10.5 Å². The smallest absolute Gasteiger partial charge is 0.407 e. The maximum absolute atomic E-state index is 11.0. The second-order valence-corrected chi connectivity index (χ2v) is 3.43. The lowest BCUT2D eigenvalue weighted by Crippen LogP contribution is -2.41. The first-order valence-corrected chi connectivity index (χ1v) is 4.73. The lowest BCUT2D eigenvalue weighted by molar-refractivity contribution is 0.147. The number of hydrogen-bond acceptors (Lipinski definition) is 3. The highest BCUT2D eigenvalue weighted by Crippen LogP contribution is 2.03. The van der Waals surface area contributed by atoms with Gasteiger partial charge >= 0.3 is 6.09 Å². The average Bonchev–Trinajstić information content (AvgIpc) is 2.02. The van der Waals surface area contributed by atoms with Crippen LogP contribution in [0.4, 0.5) is 4.79 Å². The Hall–Kier alpha value is -0.770. The lowest BCUT2D eigenvalue weighted by atomic mass is 10.0. The van der Waals surface area contributed by atoms with Crippen molar-refractivity contribution in [2.75, 3.05) is 13.2 Å². The fourth-order valence-corrected chi connectivity index (χ4v) is 1.12. The van der Waals surface area contributed by atoms with Gasteiger partial charge in [-0.2, -0.15) is 0 Å². The summed E-state index contributed by atoms with van der Waals surface area (Å²) < 4.78 is 4.75. The number of ether oxygens (including phenoxy) is 1. The first-order valence-electron chi connectivity index (χ1n) is 4.73. The van der Waals surface area contributed by atoms with Crippen molar-refractivity contribution < 1.29 is 9.53 Å². The summed E-state index contributed by atoms with van der Waals surface area (Å²) in [4.78, 5) is 11.0. The molecule has 0 heterocycles. The van der Waals surface area contributed by atoms with Crippen LogP contribution in [0, 0.1) is 5.92 Å². The van der Waals surface area contributed by atoms with Crippen molar-refractivity contribution >= 4 is 6.09 Å². The van der Waals surface area contributed by atoms with Crippen molar-refractivity contribution in [3.63, 3.8) is 0 Å². The van der Waals surface area contributed by atoms with Crippen molar-refractivity contribution in [1.82, 2.24) is 5.32 Å². The van der Waals surface area contributed by atoms with Crippen LogP contribution < -0.4 is 11.1 Å². The van der Waals surface area contributed by atoms with Gasteiger partial charge in [0, 0.05) is 12.6 Å². The molecule has 13 heavy (non-hydrogen) atoms. The third-order valence-corrected chi connectivity index (χ3v) is 1.64. The van der Waals surface area contributed by atoms with Crippen LogP contribution in [0.2, 0.25) is 0 Å². The van der Waals surface area contributed by atoms with Gasteiger partial charge in [-0.05, 0) is 19.3 Å². The zero-order chi connectivity index (χ0) is 10.3. The van der Waals surface area contributed by atoms with E-state index in [-0.39, 0.29) is 12.1 Å². The van der Waals surface area contributed by atoms with Gasteiger partial charge in [0.05, 0.1) is 6.61 Å². The van der Waals surface area contributed by atoms with E-state index in [0.29, 0.717) is 19.1 Å². The van der Waals surface area contributed by atoms with Crippen LogP contribution in [-0.4, -0.2) is 25.3 Å². The quantitative estimate of drug-likeness (QED) is 0.679. The lowest BCUT2D eigenvalue weighted by Gasteiger charge is -2.18. The van der Waals surface area contributed by atoms with Crippen molar-refractivity contribution in [2.24, 2.45) is 11.7 Å². The molecule has 4 heteroatoms. The van der Waals surface area contributed by atoms with Crippen molar-refractivity contribution in [3.8, 4) is 0 Å². The molecule has 1 atom stereocenters. The van der Waals surface area contributed by atoms with Crippen LogP contribution in [0.25, 0.3) is 0 Å². The Balaban J connectivity index is 3.76. The summed E-state index contributed by atoms with van der Waals surface area (Å²) in [5.74, 6) is 0.524. The Morgan fingerprint density at radius 1 is 1.54 bits per heavy atom. The molecule has 0 spiro atoms. The van der Waals surface area contributed by atoms with Crippen LogP contribution in [-0.2, 0) is 4.74 Å². The monoisotopic (exact) mass is 188 g/mol. The fraction of sp³-hybridized carbons (Fsp3) is 0.889. The van der Waals surface area contributed by atoms with E-state index in [1.165, 1.54) is 0 Å². The number of carbonyl (C=O) groups excluding carboxylic acids is 1. The number of amides is 1. The average molecular weight is 188 g/mol. The summed E-state index contributed by atoms with van der Waals surface area (Å²) >= 11 is 0. The Bertz CT molecular complexity index is 149. The summed E-state index contributed by atoms with van der Waals surface area (Å²) in [5.41, 5.74) is 5.50. The topological polar surface area (TPSA) is 64.3 Å². The van der Waals surface area contributed by atoms with Crippen LogP contribution in [0.1, 0.15) is 27.2 Å². The summed E-state index contributed by atoms with van der Waals surface area (Å²) in [5, 5.41) is 2.71. The molecule has 3 N–H and O–H groups in total. The molecule has 0 radical (unpaired) electrons. The number of nitrogens with two attached hydrogens (primary N) is 1. The molecule has 0 fully saturated rings. The van der Waals surface area contributed by atoms with Gasteiger partial charge in [-0.3, -0.25) is 0 Å². The number of carbonyl (C=O) groups is 1. The number of hydrogen-bond donors (Lipinski definition) is 2. The summed E-state index contributed by atoms with van der Waals surface area (Å²) in [6.45, 7) is 6.81. The van der Waals surface area contributed by atoms with Gasteiger partial charge in [0.2, 0.25) is 0 Å². The molecule has 0 aromatic heterocycles. The highest BCUT2D eigenvalue weighted by molar-refractivity contribution is 5.67. The fourth-order valence-electron chi connectivity index (χ4n) is 1.12. The third kappa shape index (κ3) is 6.40. The molecular formula is C9H20N2O2. The molecule has 0 rings (SSSR count). The first-order chi connectivity index (χ1) is 6.10. The Morgan fingerprint density at radius 2 is 2.15 bits per heavy atom. The van der Waals surface area contributed by atoms with Gasteiger partial charge < -0.3 is 15.8 Å². The van der Waals surface area contributed by atoms with Gasteiger partial charge in [-0.25, -0.2) is 4.79 Å². The van der Waals surface area contributed by atoms with Gasteiger partial charge in [0.1, 0.15) is 0 Å². The maximum Gasteiger partial charge on any atom is 0.407 e. The highest BCUT2D eigenvalue weighted by Gasteiger charge is 2.12. The molecule has 0 aliphatic heterocycles. The molecule has 78 valence electrons. The minimum absolute atomic E-state index is 0.0269. The predicted molar refractivity (Wildman–Crippen MR) is 52.5 cm³/mol. The third-order valence-electron chi connectivity index (χ3n) is 1.64. The normalized spacial score (nSPS) is 12.7. The molecule has 1 unspecified atom stereocenters. The summed E-state index contributed by atoms with van der Waals surface area (Å²) in [7, 11) is 0. The molecular weight excluding hydrogens is 168 g/mol. The van der Waals surface area contributed by atoms with E-state index in [1.807, 2.05) is 0 Å². The van der Waals surface area contributed by atoms with E-state index in [0.717, 1.165) is 6.42 Å². The second kappa shape index (κ2) is 6.71. The Labute approximate surface area is 79.8 Å². The van der Waals surface area contributed by atoms with Crippen LogP contribution in [0.5, 0.6) is 0 Å². The zero-order valence-corrected chi connectivity index (χ0v) is 8.67. The Morgan fingerprint density at radius 3 is 2.54 bits per heavy atom. The van der Waals surface area contributed by atoms with Gasteiger partial charge in [0.25, 0.3) is 0 Å². The van der Waals surface area contributed by atoms with Crippen LogP contribution in [0.3, 0.4) is 0 Å². The van der Waals surface area contributed by atoms with Gasteiger partial charge in [-0.15, -0.1) is 0 Å². The van der Waals surface area contributed by atoms with Crippen molar-refractivity contribution in [3.05, 3.63) is 0 Å². The maximum atomic E-state index is 11.0. The zero-order valence-electron chi connectivity index (χ0n) is 8.67. The second-order valence-electron chi connectivity index (χ2n) is 3.43. The van der Waals surface area contributed by atoms with Crippen molar-refractivity contribution in [2.45, 2.75) is 33.2 Å². The molecule has 4 nitrogen and oxygen atoms in total. The Kier molecular flexibility index (Phi) is 6.32. The van der Waals surface area contributed by atoms with E-state index >= 15 is 0 Å². The van der Waals surface area contributed by atoms with E-state index in [1.54, 1.807) is 6.92 Å². The minimum Gasteiger partial charge on any atom is -0.450 e. The number of alkyl carbamates (subject to hydrolysis) is 1. The van der Waals surface area contributed by atoms with Gasteiger partial charge in [-0.1, -0.05) is 13.8 Å². The summed E-state index contributed by atoms with van der Waals surface area (Å²) in [6, 6.07) is 0.0269. The first kappa shape index (κ1) is 12.2. The van der Waals surface area contributed by atoms with Crippen LogP contribution in [0.15, 0.2) is 0 Å². The SMILES string of the molecule is CCOC(=O)NC(CN)CC(C)C.